The number of aliphatic hydroxyl groups excluding tert-OH is 9. The zero-order valence-electron chi connectivity index (χ0n) is 27.5. The molecule has 21 heteroatoms. The second kappa shape index (κ2) is 16.7. The van der Waals surface area contributed by atoms with Gasteiger partial charge < -0.3 is 79.1 Å². The number of aliphatic hydroxyl groups is 9. The molecule has 5 aliphatic rings. The summed E-state index contributed by atoms with van der Waals surface area (Å²) in [5, 5.41) is 93.7. The van der Waals surface area contributed by atoms with Gasteiger partial charge in [0, 0.05) is 26.6 Å². The summed E-state index contributed by atoms with van der Waals surface area (Å²) in [5.41, 5.74) is 0. The SMILES string of the molecule is COC1CC(C2OC3CC(O)CC(O[C@@H]4O[C@H](CO)[C@@H](O)[C@H](O)[C@H]4OS(=O)(=O)O)C3CC2O[C@@H]2O[C@H](CO)[C@@H](O)[C@H](O)[C@H]2O)CC(OC)C1O. The Morgan fingerprint density at radius 3 is 1.74 bits per heavy atom. The molecule has 0 aromatic rings. The number of hydrogen-bond donors (Lipinski definition) is 10. The van der Waals surface area contributed by atoms with Crippen LogP contribution in [0.3, 0.4) is 0 Å². The van der Waals surface area contributed by atoms with Crippen LogP contribution in [0.1, 0.15) is 32.1 Å². The largest absolute Gasteiger partial charge is 0.397 e. The molecular formula is C29H50O20S. The standard InChI is InChI=1S/C29H50O20S/c1-42-15-3-10(4-16(43-2)20(15)33)26-17(46-28-25(38)23(36)21(34)18(8-30)47-28)7-12-13(44-26)5-11(32)6-14(12)45-29-27(49-50(39,40)41)24(37)22(35)19(9-31)48-29/h10-38H,3-9H2,1-2H3,(H,39,40,41)/t10?,11?,12?,13?,14?,15?,16?,17?,18-,19-,20?,21-,22-,23+,24+,25-,26?,27-,28-,29-/m1/s1. The van der Waals surface area contributed by atoms with Gasteiger partial charge in [-0.25, -0.2) is 4.18 Å². The summed E-state index contributed by atoms with van der Waals surface area (Å²) in [4.78, 5) is 0. The van der Waals surface area contributed by atoms with Crippen LogP contribution in [-0.2, 0) is 47.7 Å². The Labute approximate surface area is 288 Å². The predicted octanol–water partition coefficient (Wildman–Crippen LogP) is -5.09. The molecule has 50 heavy (non-hydrogen) atoms. The van der Waals surface area contributed by atoms with Crippen molar-refractivity contribution in [2.24, 2.45) is 11.8 Å². The van der Waals surface area contributed by atoms with Gasteiger partial charge in [0.25, 0.3) is 0 Å². The first-order chi connectivity index (χ1) is 23.6. The number of rotatable bonds is 11. The third kappa shape index (κ3) is 8.62. The molecule has 8 unspecified atom stereocenters. The van der Waals surface area contributed by atoms with Gasteiger partial charge in [-0.2, -0.15) is 8.42 Å². The monoisotopic (exact) mass is 750 g/mol. The highest BCUT2D eigenvalue weighted by Gasteiger charge is 2.55. The first-order valence-electron chi connectivity index (χ1n) is 16.6. The lowest BCUT2D eigenvalue weighted by Crippen LogP contribution is -2.64. The maximum atomic E-state index is 11.7. The van der Waals surface area contributed by atoms with Gasteiger partial charge in [0.2, 0.25) is 0 Å². The van der Waals surface area contributed by atoms with Gasteiger partial charge in [-0.1, -0.05) is 0 Å². The molecule has 3 heterocycles. The lowest BCUT2D eigenvalue weighted by atomic mass is 9.72. The number of methoxy groups -OCH3 is 2. The summed E-state index contributed by atoms with van der Waals surface area (Å²) in [6, 6.07) is 0. The van der Waals surface area contributed by atoms with Crippen molar-refractivity contribution in [1.29, 1.82) is 0 Å². The van der Waals surface area contributed by atoms with E-state index in [2.05, 4.69) is 4.18 Å². The molecule has 2 saturated carbocycles. The van der Waals surface area contributed by atoms with E-state index in [4.69, 9.17) is 33.2 Å². The molecule has 0 aromatic carbocycles. The highest BCUT2D eigenvalue weighted by Crippen LogP contribution is 2.45. The Kier molecular flexibility index (Phi) is 13.5. The first kappa shape index (κ1) is 40.4. The predicted molar refractivity (Wildman–Crippen MR) is 160 cm³/mol. The van der Waals surface area contributed by atoms with E-state index in [9.17, 15) is 58.9 Å². The van der Waals surface area contributed by atoms with Gasteiger partial charge in [-0.05, 0) is 31.6 Å². The summed E-state index contributed by atoms with van der Waals surface area (Å²) in [6.07, 6.45) is -23.3. The van der Waals surface area contributed by atoms with E-state index in [0.29, 0.717) is 0 Å². The van der Waals surface area contributed by atoms with E-state index in [0.717, 1.165) is 0 Å². The lowest BCUT2D eigenvalue weighted by Gasteiger charge is -2.53. The third-order valence-corrected chi connectivity index (χ3v) is 11.1. The Morgan fingerprint density at radius 1 is 0.620 bits per heavy atom. The van der Waals surface area contributed by atoms with E-state index < -0.39 is 146 Å². The normalized spacial score (nSPS) is 50.5. The number of fused-ring (bicyclic) bond motifs is 1. The van der Waals surface area contributed by atoms with Crippen molar-refractivity contribution in [1.82, 2.24) is 0 Å². The van der Waals surface area contributed by atoms with Crippen LogP contribution in [0.4, 0.5) is 0 Å². The summed E-state index contributed by atoms with van der Waals surface area (Å²) >= 11 is 0. The van der Waals surface area contributed by atoms with Crippen LogP contribution in [0.15, 0.2) is 0 Å². The first-order valence-corrected chi connectivity index (χ1v) is 17.9. The molecule has 18 atom stereocenters. The van der Waals surface area contributed by atoms with Crippen molar-refractivity contribution >= 4 is 10.4 Å². The average Bonchev–Trinajstić information content (AvgIpc) is 3.07. The van der Waals surface area contributed by atoms with Crippen molar-refractivity contribution in [2.45, 2.75) is 142 Å². The zero-order chi connectivity index (χ0) is 36.7. The van der Waals surface area contributed by atoms with Crippen molar-refractivity contribution < 1.29 is 96.3 Å². The molecule has 0 amide bonds. The summed E-state index contributed by atoms with van der Waals surface area (Å²) in [6.45, 7) is -1.51. The van der Waals surface area contributed by atoms with Gasteiger partial charge in [-0.3, -0.25) is 4.55 Å². The van der Waals surface area contributed by atoms with Gasteiger partial charge in [0.05, 0.1) is 55.9 Å². The van der Waals surface area contributed by atoms with Crippen LogP contribution >= 0.6 is 0 Å². The van der Waals surface area contributed by atoms with E-state index in [1.807, 2.05) is 0 Å². The molecule has 0 radical (unpaired) electrons. The van der Waals surface area contributed by atoms with Crippen molar-refractivity contribution in [2.75, 3.05) is 27.4 Å². The third-order valence-electron chi connectivity index (χ3n) is 10.6. The molecular weight excluding hydrogens is 700 g/mol. The summed E-state index contributed by atoms with van der Waals surface area (Å²) in [7, 11) is -2.34. The fraction of sp³-hybridized carbons (Fsp3) is 1.00. The summed E-state index contributed by atoms with van der Waals surface area (Å²) in [5.74, 6) is -1.08. The molecule has 0 spiro atoms. The maximum Gasteiger partial charge on any atom is 0.397 e. The van der Waals surface area contributed by atoms with Gasteiger partial charge in [0.1, 0.15) is 48.8 Å². The molecule has 5 rings (SSSR count). The second-order valence-corrected chi connectivity index (χ2v) is 14.7. The minimum Gasteiger partial charge on any atom is -0.394 e. The van der Waals surface area contributed by atoms with Gasteiger partial charge in [0.15, 0.2) is 18.7 Å². The van der Waals surface area contributed by atoms with E-state index >= 15 is 0 Å². The van der Waals surface area contributed by atoms with Crippen LogP contribution in [-0.4, -0.2) is 197 Å². The fourth-order valence-corrected chi connectivity index (χ4v) is 8.45. The van der Waals surface area contributed by atoms with Crippen LogP contribution in [0.2, 0.25) is 0 Å². The van der Waals surface area contributed by atoms with E-state index in [1.54, 1.807) is 0 Å². The van der Waals surface area contributed by atoms with Crippen LogP contribution in [0, 0.1) is 11.8 Å². The second-order valence-electron chi connectivity index (χ2n) is 13.7. The number of hydrogen-bond acceptors (Lipinski definition) is 19. The quantitative estimate of drug-likeness (QED) is 0.0883. The molecule has 3 aliphatic heterocycles. The van der Waals surface area contributed by atoms with Gasteiger partial charge in [-0.15, -0.1) is 0 Å². The molecule has 20 nitrogen and oxygen atoms in total. The Bertz CT molecular complexity index is 1180. The van der Waals surface area contributed by atoms with E-state index in [1.165, 1.54) is 14.2 Å². The zero-order valence-corrected chi connectivity index (χ0v) is 28.3. The maximum absolute atomic E-state index is 11.7. The van der Waals surface area contributed by atoms with E-state index in [-0.39, 0.29) is 32.1 Å². The molecule has 3 saturated heterocycles. The molecule has 10 N–H and O–H groups in total. The highest BCUT2D eigenvalue weighted by molar-refractivity contribution is 7.80. The lowest BCUT2D eigenvalue weighted by molar-refractivity contribution is -0.344. The topological polar surface area (TPSA) is 310 Å². The highest BCUT2D eigenvalue weighted by atomic mass is 32.3. The molecule has 0 bridgehead atoms. The van der Waals surface area contributed by atoms with Crippen LogP contribution in [0.5, 0.6) is 0 Å². The molecule has 5 fully saturated rings. The smallest absolute Gasteiger partial charge is 0.394 e. The fourth-order valence-electron chi connectivity index (χ4n) is 7.96. The minimum atomic E-state index is -5.21. The summed E-state index contributed by atoms with van der Waals surface area (Å²) < 4.78 is 78.6. The van der Waals surface area contributed by atoms with Crippen LogP contribution < -0.4 is 0 Å². The van der Waals surface area contributed by atoms with Crippen LogP contribution in [0.25, 0.3) is 0 Å². The van der Waals surface area contributed by atoms with Gasteiger partial charge >= 0.3 is 10.4 Å². The number of ether oxygens (including phenoxy) is 7. The Balaban J connectivity index is 1.45. The van der Waals surface area contributed by atoms with Crippen molar-refractivity contribution in [3.8, 4) is 0 Å². The van der Waals surface area contributed by atoms with Crippen molar-refractivity contribution in [3.05, 3.63) is 0 Å². The minimum absolute atomic E-state index is 0.0568. The van der Waals surface area contributed by atoms with Crippen molar-refractivity contribution in [3.63, 3.8) is 0 Å². The molecule has 292 valence electrons. The molecule has 2 aliphatic carbocycles. The Hall–Kier alpha value is -0.770. The molecule has 0 aromatic heterocycles. The Morgan fingerprint density at radius 2 is 1.18 bits per heavy atom. The average molecular weight is 751 g/mol.